The molecule has 0 aliphatic heterocycles. The van der Waals surface area contributed by atoms with Crippen LogP contribution in [0.3, 0.4) is 0 Å². The molecule has 2 heterocycles. The molecule has 37 heavy (non-hydrogen) atoms. The number of amides is 1. The summed E-state index contributed by atoms with van der Waals surface area (Å²) in [7, 11) is 0. The number of carbonyl (C=O) groups is 3. The summed E-state index contributed by atoms with van der Waals surface area (Å²) in [6.45, 7) is 3.41. The van der Waals surface area contributed by atoms with Gasteiger partial charge in [-0.1, -0.05) is 44.2 Å². The molecule has 3 aromatic rings. The number of esters is 2. The van der Waals surface area contributed by atoms with Crippen molar-refractivity contribution in [1.29, 1.82) is 0 Å². The van der Waals surface area contributed by atoms with Crippen LogP contribution in [0.2, 0.25) is 0 Å². The lowest BCUT2D eigenvalue weighted by atomic mass is 10.1. The Labute approximate surface area is 212 Å². The van der Waals surface area contributed by atoms with Crippen molar-refractivity contribution in [3.63, 3.8) is 0 Å². The molecule has 0 spiro atoms. The van der Waals surface area contributed by atoms with Gasteiger partial charge in [0.05, 0.1) is 25.5 Å². The highest BCUT2D eigenvalue weighted by Crippen LogP contribution is 2.13. The van der Waals surface area contributed by atoms with Crippen LogP contribution in [-0.4, -0.2) is 57.3 Å². The van der Waals surface area contributed by atoms with Crippen LogP contribution in [0.25, 0.3) is 11.2 Å². The highest BCUT2D eigenvalue weighted by Gasteiger charge is 2.18. The number of hydrogen-bond donors (Lipinski definition) is 3. The van der Waals surface area contributed by atoms with Crippen LogP contribution in [0.5, 0.6) is 0 Å². The molecule has 2 aromatic heterocycles. The zero-order valence-corrected chi connectivity index (χ0v) is 20.6. The Morgan fingerprint density at radius 1 is 1.11 bits per heavy atom. The summed E-state index contributed by atoms with van der Waals surface area (Å²) < 4.78 is 17.3. The van der Waals surface area contributed by atoms with E-state index in [-0.39, 0.29) is 55.6 Å². The van der Waals surface area contributed by atoms with Gasteiger partial charge in [0, 0.05) is 12.5 Å². The second-order valence-electron chi connectivity index (χ2n) is 8.60. The van der Waals surface area contributed by atoms with Crippen LogP contribution in [0.15, 0.2) is 41.5 Å². The Morgan fingerprint density at radius 2 is 1.84 bits per heavy atom. The summed E-state index contributed by atoms with van der Waals surface area (Å²) in [4.78, 5) is 58.5. The van der Waals surface area contributed by atoms with Gasteiger partial charge in [0.2, 0.25) is 5.95 Å². The minimum atomic E-state index is -0.753. The van der Waals surface area contributed by atoms with Gasteiger partial charge < -0.3 is 29.8 Å². The number of benzene rings is 1. The zero-order chi connectivity index (χ0) is 26.8. The minimum absolute atomic E-state index is 0.0135. The molecule has 13 heteroatoms. The average molecular weight is 515 g/mol. The highest BCUT2D eigenvalue weighted by molar-refractivity contribution is 5.77. The molecule has 0 fully saturated rings. The van der Waals surface area contributed by atoms with Crippen LogP contribution in [0.4, 0.5) is 10.7 Å². The van der Waals surface area contributed by atoms with E-state index in [0.29, 0.717) is 18.6 Å². The number of fused-ring (bicyclic) bond motifs is 1. The number of hydrogen-bond acceptors (Lipinski definition) is 10. The first-order chi connectivity index (χ1) is 17.7. The van der Waals surface area contributed by atoms with Gasteiger partial charge in [0.1, 0.15) is 13.2 Å². The third-order valence-corrected chi connectivity index (χ3v) is 5.27. The fourth-order valence-electron chi connectivity index (χ4n) is 3.22. The van der Waals surface area contributed by atoms with E-state index in [0.717, 1.165) is 5.56 Å². The Balaban J connectivity index is 1.51. The van der Waals surface area contributed by atoms with Crippen molar-refractivity contribution in [2.24, 2.45) is 11.8 Å². The number of aromatic amines is 1. The fraction of sp³-hybridized carbons (Fsp3) is 0.417. The van der Waals surface area contributed by atoms with E-state index in [4.69, 9.17) is 19.9 Å². The van der Waals surface area contributed by atoms with Gasteiger partial charge in [-0.05, 0) is 12.0 Å². The number of nitrogens with zero attached hydrogens (tertiary/aromatic N) is 3. The Morgan fingerprint density at radius 3 is 2.57 bits per heavy atom. The molecule has 198 valence electrons. The van der Waals surface area contributed by atoms with Gasteiger partial charge in [-0.15, -0.1) is 0 Å². The van der Waals surface area contributed by atoms with Gasteiger partial charge in [0.25, 0.3) is 5.56 Å². The maximum Gasteiger partial charge on any atom is 0.407 e. The van der Waals surface area contributed by atoms with E-state index < -0.39 is 17.6 Å². The van der Waals surface area contributed by atoms with E-state index in [2.05, 4.69) is 20.3 Å². The third-order valence-electron chi connectivity index (χ3n) is 5.27. The summed E-state index contributed by atoms with van der Waals surface area (Å²) in [5.74, 6) is -1.77. The number of ether oxygens (including phenoxy) is 3. The first-order valence-corrected chi connectivity index (χ1v) is 11.7. The Hall–Kier alpha value is -4.42. The SMILES string of the molecule is CC(C)C(=O)OCC(CCn1cnc2c(=O)[nH]c(N)nc21)COC(=O)CNC(=O)OCc1ccccc1. The molecule has 1 unspecified atom stereocenters. The van der Waals surface area contributed by atoms with Crippen molar-refractivity contribution in [3.8, 4) is 0 Å². The first-order valence-electron chi connectivity index (χ1n) is 11.7. The van der Waals surface area contributed by atoms with Crippen LogP contribution >= 0.6 is 0 Å². The number of carbonyl (C=O) groups excluding carboxylic acids is 3. The number of imidazole rings is 1. The molecule has 4 N–H and O–H groups in total. The van der Waals surface area contributed by atoms with E-state index >= 15 is 0 Å². The number of nitrogens with one attached hydrogen (secondary N) is 2. The van der Waals surface area contributed by atoms with Crippen molar-refractivity contribution in [1.82, 2.24) is 24.8 Å². The molecule has 0 bridgehead atoms. The van der Waals surface area contributed by atoms with Crippen LogP contribution in [-0.2, 0) is 37.0 Å². The smallest absolute Gasteiger partial charge is 0.407 e. The lowest BCUT2D eigenvalue weighted by molar-refractivity contribution is -0.151. The number of nitrogen functional groups attached to an aromatic ring is 1. The van der Waals surface area contributed by atoms with Crippen molar-refractivity contribution in [2.75, 3.05) is 25.5 Å². The predicted molar refractivity (Wildman–Crippen MR) is 132 cm³/mol. The second kappa shape index (κ2) is 13.0. The van der Waals surface area contributed by atoms with E-state index in [9.17, 15) is 19.2 Å². The molecule has 0 aliphatic carbocycles. The molecular formula is C24H30N6O7. The van der Waals surface area contributed by atoms with E-state index in [1.54, 1.807) is 18.4 Å². The van der Waals surface area contributed by atoms with Crippen molar-refractivity contribution in [2.45, 2.75) is 33.4 Å². The molecule has 13 nitrogen and oxygen atoms in total. The Bertz CT molecular complexity index is 1270. The summed E-state index contributed by atoms with van der Waals surface area (Å²) in [6.07, 6.45) is 1.11. The van der Waals surface area contributed by atoms with Crippen LogP contribution < -0.4 is 16.6 Å². The highest BCUT2D eigenvalue weighted by atomic mass is 16.6. The predicted octanol–water partition coefficient (Wildman–Crippen LogP) is 1.38. The lowest BCUT2D eigenvalue weighted by Gasteiger charge is -2.18. The molecule has 1 amide bonds. The molecule has 0 aliphatic rings. The number of alkyl carbamates (subject to hydrolysis) is 1. The quantitative estimate of drug-likeness (QED) is 0.236. The fourth-order valence-corrected chi connectivity index (χ4v) is 3.22. The van der Waals surface area contributed by atoms with Crippen LogP contribution in [0.1, 0.15) is 25.8 Å². The maximum absolute atomic E-state index is 12.2. The topological polar surface area (TPSA) is 181 Å². The van der Waals surface area contributed by atoms with Crippen molar-refractivity contribution < 1.29 is 28.6 Å². The largest absolute Gasteiger partial charge is 0.465 e. The molecule has 0 radical (unpaired) electrons. The lowest BCUT2D eigenvalue weighted by Crippen LogP contribution is -2.32. The number of aryl methyl sites for hydroxylation is 1. The molecule has 1 atom stereocenters. The van der Waals surface area contributed by atoms with E-state index in [1.165, 1.54) is 6.33 Å². The van der Waals surface area contributed by atoms with Crippen LogP contribution in [0, 0.1) is 11.8 Å². The number of nitrogens with two attached hydrogens (primary N) is 1. The molecule has 1 aromatic carbocycles. The normalized spacial score (nSPS) is 11.8. The number of anilines is 1. The summed E-state index contributed by atoms with van der Waals surface area (Å²) in [5, 5.41) is 2.34. The summed E-state index contributed by atoms with van der Waals surface area (Å²) >= 11 is 0. The van der Waals surface area contributed by atoms with Gasteiger partial charge in [-0.2, -0.15) is 4.98 Å². The zero-order valence-electron chi connectivity index (χ0n) is 20.6. The van der Waals surface area contributed by atoms with Gasteiger partial charge in [-0.3, -0.25) is 19.4 Å². The van der Waals surface area contributed by atoms with Gasteiger partial charge in [0.15, 0.2) is 11.2 Å². The molecule has 0 saturated carbocycles. The maximum atomic E-state index is 12.2. The van der Waals surface area contributed by atoms with E-state index in [1.807, 2.05) is 30.3 Å². The van der Waals surface area contributed by atoms with Crippen molar-refractivity contribution >= 4 is 35.1 Å². The third kappa shape index (κ3) is 8.33. The standard InChI is InChI=1S/C24H30N6O7/c1-15(2)22(33)36-13-17(8-9-30-14-27-19-20(30)28-23(25)29-21(19)32)12-35-18(31)10-26-24(34)37-11-16-6-4-3-5-7-16/h3-7,14-15,17H,8-13H2,1-2H3,(H,26,34)(H3,25,28,29,32). The molecule has 0 saturated heterocycles. The van der Waals surface area contributed by atoms with Gasteiger partial charge >= 0.3 is 18.0 Å². The average Bonchev–Trinajstić information content (AvgIpc) is 3.29. The number of rotatable bonds is 12. The summed E-state index contributed by atoms with van der Waals surface area (Å²) in [6, 6.07) is 9.11. The molecular weight excluding hydrogens is 484 g/mol. The second-order valence-corrected chi connectivity index (χ2v) is 8.60. The number of H-pyrrole nitrogens is 1. The summed E-state index contributed by atoms with van der Waals surface area (Å²) in [5.41, 5.74) is 6.46. The Kier molecular flexibility index (Phi) is 9.58. The van der Waals surface area contributed by atoms with Crippen molar-refractivity contribution in [3.05, 3.63) is 52.6 Å². The van der Waals surface area contributed by atoms with Gasteiger partial charge in [-0.25, -0.2) is 9.78 Å². The first kappa shape index (κ1) is 27.2. The minimum Gasteiger partial charge on any atom is -0.465 e. The molecule has 3 rings (SSSR count). The monoisotopic (exact) mass is 514 g/mol. The number of aromatic nitrogens is 4.